The third kappa shape index (κ3) is 4.07. The van der Waals surface area contributed by atoms with Gasteiger partial charge in [-0.25, -0.2) is 9.78 Å². The number of carbonyl (C=O) groups is 1. The van der Waals surface area contributed by atoms with E-state index in [0.717, 1.165) is 22.8 Å². The van der Waals surface area contributed by atoms with Gasteiger partial charge in [0.25, 0.3) is 5.69 Å². The smallest absolute Gasteiger partial charge is 0.342 e. The highest BCUT2D eigenvalue weighted by atomic mass is 35.5. The normalized spacial score (nSPS) is 11.7. The highest BCUT2D eigenvalue weighted by Gasteiger charge is 2.17. The molecule has 0 saturated carbocycles. The summed E-state index contributed by atoms with van der Waals surface area (Å²) >= 11 is 6.79. The Kier molecular flexibility index (Phi) is 5.30. The fourth-order valence-electron chi connectivity index (χ4n) is 2.74. The van der Waals surface area contributed by atoms with Crippen LogP contribution in [-0.4, -0.2) is 26.0 Å². The summed E-state index contributed by atoms with van der Waals surface area (Å²) in [5.41, 5.74) is 1.74. The van der Waals surface area contributed by atoms with E-state index >= 15 is 0 Å². The van der Waals surface area contributed by atoms with Crippen molar-refractivity contribution in [1.29, 1.82) is 0 Å². The van der Waals surface area contributed by atoms with E-state index in [0.29, 0.717) is 16.5 Å². The average Bonchev–Trinajstić information content (AvgIpc) is 3.34. The summed E-state index contributed by atoms with van der Waals surface area (Å²) < 4.78 is 5.67. The molecule has 0 radical (unpaired) electrons. The van der Waals surface area contributed by atoms with Crippen molar-refractivity contribution in [3.63, 3.8) is 0 Å². The summed E-state index contributed by atoms with van der Waals surface area (Å²) in [7, 11) is 0. The van der Waals surface area contributed by atoms with Gasteiger partial charge in [-0.1, -0.05) is 23.7 Å². The van der Waals surface area contributed by atoms with Gasteiger partial charge < -0.3 is 14.5 Å². The van der Waals surface area contributed by atoms with Crippen molar-refractivity contribution in [3.05, 3.63) is 80.4 Å². The number of aromatic nitrogens is 2. The number of aliphatic carboxylic acids is 1. The minimum atomic E-state index is -1.14. The second-order valence-corrected chi connectivity index (χ2v) is 7.54. The summed E-state index contributed by atoms with van der Waals surface area (Å²) in [6.45, 7) is 0. The van der Waals surface area contributed by atoms with Crippen LogP contribution in [0.1, 0.15) is 5.76 Å². The van der Waals surface area contributed by atoms with Crippen molar-refractivity contribution in [2.75, 3.05) is 0 Å². The molecule has 4 aromatic rings. The molecule has 0 bridgehead atoms. The first kappa shape index (κ1) is 19.7. The molecule has 2 aromatic carbocycles. The summed E-state index contributed by atoms with van der Waals surface area (Å²) in [4.78, 5) is 29.6. The maximum Gasteiger partial charge on any atom is 0.342 e. The number of carboxylic acids is 1. The Labute approximate surface area is 178 Å². The number of thioether (sulfide) groups is 1. The molecular formula is C20H12ClN3O5S. The number of nitro benzene ring substituents is 1. The largest absolute Gasteiger partial charge is 0.477 e. The van der Waals surface area contributed by atoms with Crippen LogP contribution < -0.4 is 0 Å². The van der Waals surface area contributed by atoms with E-state index in [1.165, 1.54) is 18.2 Å². The molecule has 10 heteroatoms. The number of hydrogen-bond acceptors (Lipinski definition) is 6. The third-order valence-electron chi connectivity index (χ3n) is 4.11. The van der Waals surface area contributed by atoms with Crippen molar-refractivity contribution < 1.29 is 19.2 Å². The molecule has 0 unspecified atom stereocenters. The Bertz CT molecular complexity index is 1280. The molecule has 4 rings (SSSR count). The van der Waals surface area contributed by atoms with E-state index in [1.807, 2.05) is 24.3 Å². The number of imidazole rings is 1. The minimum absolute atomic E-state index is 0.00274. The van der Waals surface area contributed by atoms with Gasteiger partial charge in [0.2, 0.25) is 0 Å². The zero-order valence-electron chi connectivity index (χ0n) is 15.0. The number of hydrogen-bond donors (Lipinski definition) is 2. The van der Waals surface area contributed by atoms with E-state index < -0.39 is 10.9 Å². The summed E-state index contributed by atoms with van der Waals surface area (Å²) in [6.07, 6.45) is 1.37. The number of carboxylic acid groups (broad SMARTS) is 1. The number of H-pyrrole nitrogens is 1. The van der Waals surface area contributed by atoms with Gasteiger partial charge in [0, 0.05) is 17.7 Å². The first-order valence-electron chi connectivity index (χ1n) is 8.52. The van der Waals surface area contributed by atoms with Crippen LogP contribution in [0.4, 0.5) is 5.69 Å². The average molecular weight is 442 g/mol. The molecule has 150 valence electrons. The fourth-order valence-corrected chi connectivity index (χ4v) is 3.70. The van der Waals surface area contributed by atoms with Crippen LogP contribution >= 0.6 is 23.4 Å². The van der Waals surface area contributed by atoms with Gasteiger partial charge in [0.1, 0.15) is 21.4 Å². The molecule has 0 spiro atoms. The van der Waals surface area contributed by atoms with Gasteiger partial charge in [-0.3, -0.25) is 10.1 Å². The van der Waals surface area contributed by atoms with Crippen molar-refractivity contribution in [1.82, 2.24) is 9.97 Å². The van der Waals surface area contributed by atoms with Crippen molar-refractivity contribution in [2.24, 2.45) is 0 Å². The number of fused-ring (bicyclic) bond motifs is 1. The first-order valence-corrected chi connectivity index (χ1v) is 9.72. The number of furan rings is 1. The number of halogens is 1. The van der Waals surface area contributed by atoms with Crippen LogP contribution in [0, 0.1) is 10.1 Å². The first-order chi connectivity index (χ1) is 14.4. The van der Waals surface area contributed by atoms with Crippen molar-refractivity contribution >= 4 is 52.1 Å². The molecule has 0 atom stereocenters. The van der Waals surface area contributed by atoms with Crippen LogP contribution in [0.5, 0.6) is 0 Å². The van der Waals surface area contributed by atoms with Crippen LogP contribution in [0.2, 0.25) is 5.02 Å². The van der Waals surface area contributed by atoms with Gasteiger partial charge in [-0.2, -0.15) is 0 Å². The van der Waals surface area contributed by atoms with Gasteiger partial charge in [-0.15, -0.1) is 0 Å². The number of aromatic amines is 1. The third-order valence-corrected chi connectivity index (χ3v) is 5.33. The highest BCUT2D eigenvalue weighted by Crippen LogP contribution is 2.33. The lowest BCUT2D eigenvalue weighted by Crippen LogP contribution is -1.96. The van der Waals surface area contributed by atoms with Gasteiger partial charge in [0.15, 0.2) is 5.16 Å². The lowest BCUT2D eigenvalue weighted by molar-refractivity contribution is -0.384. The molecule has 2 aromatic heterocycles. The number of nitro groups is 1. The number of benzene rings is 2. The molecule has 0 amide bonds. The van der Waals surface area contributed by atoms with Gasteiger partial charge in [0.05, 0.1) is 16.0 Å². The van der Waals surface area contributed by atoms with Crippen LogP contribution in [0.15, 0.2) is 69.1 Å². The van der Waals surface area contributed by atoms with Gasteiger partial charge in [-0.05, 0) is 48.2 Å². The Hall–Kier alpha value is -3.56. The minimum Gasteiger partial charge on any atom is -0.477 e. The molecule has 2 N–H and O–H groups in total. The topological polar surface area (TPSA) is 122 Å². The molecule has 0 aliphatic heterocycles. The number of rotatable bonds is 6. The summed E-state index contributed by atoms with van der Waals surface area (Å²) in [5.74, 6) is -0.511. The fraction of sp³-hybridized carbons (Fsp3) is 0. The van der Waals surface area contributed by atoms with Crippen molar-refractivity contribution in [2.45, 2.75) is 5.16 Å². The standard InChI is InChI=1S/C20H12ClN3O5S/c21-13-7-5-11(9-16(13)24(27)28)17-8-6-12(29-17)10-18(19(25)26)30-20-22-14-3-1-2-4-15(14)23-20/h1-10H,(H,22,23)(H,25,26)/b18-10-. The Morgan fingerprint density at radius 3 is 2.77 bits per heavy atom. The lowest BCUT2D eigenvalue weighted by Gasteiger charge is -2.00. The zero-order valence-corrected chi connectivity index (χ0v) is 16.6. The molecule has 8 nitrogen and oxygen atoms in total. The predicted molar refractivity (Wildman–Crippen MR) is 113 cm³/mol. The second kappa shape index (κ2) is 8.05. The van der Waals surface area contributed by atoms with E-state index in [4.69, 9.17) is 16.0 Å². The van der Waals surface area contributed by atoms with E-state index in [2.05, 4.69) is 9.97 Å². The van der Waals surface area contributed by atoms with E-state index in [-0.39, 0.29) is 21.4 Å². The lowest BCUT2D eigenvalue weighted by atomic mass is 10.1. The summed E-state index contributed by atoms with van der Waals surface area (Å²) in [5, 5.41) is 21.1. The molecule has 0 fully saturated rings. The van der Waals surface area contributed by atoms with Crippen LogP contribution in [0.3, 0.4) is 0 Å². The zero-order chi connectivity index (χ0) is 21.3. The van der Waals surface area contributed by atoms with E-state index in [1.54, 1.807) is 18.2 Å². The maximum atomic E-state index is 11.7. The number of para-hydroxylation sites is 2. The van der Waals surface area contributed by atoms with Gasteiger partial charge >= 0.3 is 5.97 Å². The maximum absolute atomic E-state index is 11.7. The van der Waals surface area contributed by atoms with Crippen molar-refractivity contribution in [3.8, 4) is 11.3 Å². The van der Waals surface area contributed by atoms with Crippen LogP contribution in [0.25, 0.3) is 28.4 Å². The SMILES string of the molecule is O=C(O)/C(=C/c1ccc(-c2ccc(Cl)c([N+](=O)[O-])c2)o1)Sc1nc2ccccc2[nH]1. The van der Waals surface area contributed by atoms with E-state index in [9.17, 15) is 20.0 Å². The quantitative estimate of drug-likeness (QED) is 0.173. The number of nitrogens with one attached hydrogen (secondary N) is 1. The number of nitrogens with zero attached hydrogens (tertiary/aromatic N) is 2. The molecule has 2 heterocycles. The predicted octanol–water partition coefficient (Wildman–Crippen LogP) is 5.60. The molecule has 0 aliphatic rings. The molecule has 30 heavy (non-hydrogen) atoms. The molecule has 0 aliphatic carbocycles. The Morgan fingerprint density at radius 2 is 2.03 bits per heavy atom. The second-order valence-electron chi connectivity index (χ2n) is 6.10. The Balaban J connectivity index is 1.63. The monoisotopic (exact) mass is 441 g/mol. The van der Waals surface area contributed by atoms with Crippen LogP contribution in [-0.2, 0) is 4.79 Å². The Morgan fingerprint density at radius 1 is 1.23 bits per heavy atom. The molecular weight excluding hydrogens is 430 g/mol. The highest BCUT2D eigenvalue weighted by molar-refractivity contribution is 8.04. The molecule has 0 saturated heterocycles. The summed E-state index contributed by atoms with van der Waals surface area (Å²) in [6, 6.07) is 14.9.